The molecule has 1 aliphatic carbocycles. The molecule has 1 saturated heterocycles. The summed E-state index contributed by atoms with van der Waals surface area (Å²) in [5, 5.41) is 10.7. The minimum absolute atomic E-state index is 0.354. The van der Waals surface area contributed by atoms with Crippen LogP contribution in [0, 0.1) is 5.92 Å². The summed E-state index contributed by atoms with van der Waals surface area (Å²) in [6.07, 6.45) is 7.45. The largest absolute Gasteiger partial charge is 0.390 e. The molecule has 0 aromatic carbocycles. The molecule has 0 bridgehead atoms. The van der Waals surface area contributed by atoms with Crippen molar-refractivity contribution in [1.82, 2.24) is 9.88 Å². The lowest BCUT2D eigenvalue weighted by atomic mass is 9.71. The van der Waals surface area contributed by atoms with Crippen molar-refractivity contribution in [3.63, 3.8) is 0 Å². The molecule has 2 fully saturated rings. The average Bonchev–Trinajstić information content (AvgIpc) is 2.46. The van der Waals surface area contributed by atoms with E-state index in [0.29, 0.717) is 12.0 Å². The van der Waals surface area contributed by atoms with Gasteiger partial charge in [-0.2, -0.15) is 0 Å². The number of rotatable bonds is 2. The lowest BCUT2D eigenvalue weighted by Crippen LogP contribution is -2.53. The minimum Gasteiger partial charge on any atom is -0.390 e. The van der Waals surface area contributed by atoms with Gasteiger partial charge in [0.25, 0.3) is 0 Å². The Morgan fingerprint density at radius 2 is 2.26 bits per heavy atom. The Morgan fingerprint density at radius 1 is 1.37 bits per heavy atom. The predicted molar refractivity (Wildman–Crippen MR) is 75.7 cm³/mol. The van der Waals surface area contributed by atoms with E-state index >= 15 is 0 Å². The molecular weight excluding hydrogens is 236 g/mol. The lowest BCUT2D eigenvalue weighted by Gasteiger charge is -2.48. The fraction of sp³-hybridized carbons (Fsp3) is 0.688. The summed E-state index contributed by atoms with van der Waals surface area (Å²) in [6, 6.07) is 6.48. The van der Waals surface area contributed by atoms with Crippen molar-refractivity contribution in [2.75, 3.05) is 13.1 Å². The Hall–Kier alpha value is -0.930. The van der Waals surface area contributed by atoms with Crippen LogP contribution in [0.5, 0.6) is 0 Å². The van der Waals surface area contributed by atoms with Gasteiger partial charge in [0, 0.05) is 31.2 Å². The summed E-state index contributed by atoms with van der Waals surface area (Å²) < 4.78 is 0. The van der Waals surface area contributed by atoms with Crippen molar-refractivity contribution in [2.24, 2.45) is 5.92 Å². The molecule has 1 aromatic heterocycles. The van der Waals surface area contributed by atoms with Gasteiger partial charge < -0.3 is 5.11 Å². The molecule has 3 heteroatoms. The number of hydrogen-bond acceptors (Lipinski definition) is 3. The maximum atomic E-state index is 10.7. The topological polar surface area (TPSA) is 36.4 Å². The maximum Gasteiger partial charge on any atom is 0.0700 e. The van der Waals surface area contributed by atoms with Crippen molar-refractivity contribution < 1.29 is 5.11 Å². The zero-order chi connectivity index (χ0) is 13.3. The van der Waals surface area contributed by atoms with Gasteiger partial charge in [0.2, 0.25) is 0 Å². The Kier molecular flexibility index (Phi) is 3.59. The van der Waals surface area contributed by atoms with E-state index in [1.165, 1.54) is 19.3 Å². The van der Waals surface area contributed by atoms with Crippen LogP contribution in [0.3, 0.4) is 0 Å². The third kappa shape index (κ3) is 2.54. The van der Waals surface area contributed by atoms with Crippen molar-refractivity contribution in [1.29, 1.82) is 0 Å². The summed E-state index contributed by atoms with van der Waals surface area (Å²) in [4.78, 5) is 6.96. The first-order valence-electron chi connectivity index (χ1n) is 7.56. The Balaban J connectivity index is 1.71. The first kappa shape index (κ1) is 13.1. The van der Waals surface area contributed by atoms with Gasteiger partial charge in [0.05, 0.1) is 11.3 Å². The van der Waals surface area contributed by atoms with E-state index in [1.54, 1.807) is 0 Å². The molecule has 0 spiro atoms. The zero-order valence-electron chi connectivity index (χ0n) is 11.8. The molecule has 1 aliphatic heterocycles. The standard InChI is InChI=1S/C16H24N2O/c1-13(15-7-3-5-10-17-15)18-11-9-16(19)8-4-2-6-14(16)12-18/h3,5,7,10,13-14,19H,2,4,6,8-9,11-12H2,1H3. The monoisotopic (exact) mass is 260 g/mol. The number of likely N-dealkylation sites (tertiary alicyclic amines) is 1. The van der Waals surface area contributed by atoms with Crippen LogP contribution in [0.4, 0.5) is 0 Å². The number of pyridine rings is 1. The van der Waals surface area contributed by atoms with Gasteiger partial charge in [-0.05, 0) is 38.3 Å². The fourth-order valence-electron chi connectivity index (χ4n) is 3.76. The van der Waals surface area contributed by atoms with E-state index in [9.17, 15) is 5.11 Å². The molecule has 3 nitrogen and oxygen atoms in total. The van der Waals surface area contributed by atoms with Crippen molar-refractivity contribution in [3.8, 4) is 0 Å². The highest BCUT2D eigenvalue weighted by atomic mass is 16.3. The molecule has 0 radical (unpaired) electrons. The molecule has 19 heavy (non-hydrogen) atoms. The third-order valence-electron chi connectivity index (χ3n) is 5.12. The number of aliphatic hydroxyl groups is 1. The molecule has 1 N–H and O–H groups in total. The molecule has 1 saturated carbocycles. The second kappa shape index (κ2) is 5.22. The van der Waals surface area contributed by atoms with Gasteiger partial charge in [-0.1, -0.05) is 18.9 Å². The van der Waals surface area contributed by atoms with Gasteiger partial charge in [0.1, 0.15) is 0 Å². The minimum atomic E-state index is -0.376. The van der Waals surface area contributed by atoms with Crippen LogP contribution in [0.15, 0.2) is 24.4 Å². The van der Waals surface area contributed by atoms with Crippen molar-refractivity contribution in [2.45, 2.75) is 50.7 Å². The normalized spacial score (nSPS) is 33.7. The van der Waals surface area contributed by atoms with Crippen LogP contribution in [0.1, 0.15) is 50.8 Å². The van der Waals surface area contributed by atoms with E-state index in [0.717, 1.165) is 31.6 Å². The van der Waals surface area contributed by atoms with Gasteiger partial charge in [0.15, 0.2) is 0 Å². The third-order valence-corrected chi connectivity index (χ3v) is 5.12. The number of aromatic nitrogens is 1. The zero-order valence-corrected chi connectivity index (χ0v) is 11.8. The number of fused-ring (bicyclic) bond motifs is 1. The summed E-state index contributed by atoms with van der Waals surface area (Å²) in [5.74, 6) is 0.459. The average molecular weight is 260 g/mol. The molecule has 104 valence electrons. The molecular formula is C16H24N2O. The maximum absolute atomic E-state index is 10.7. The highest BCUT2D eigenvalue weighted by Crippen LogP contribution is 2.41. The SMILES string of the molecule is CC(c1ccccn1)N1CCC2(O)CCCCC2C1. The van der Waals surface area contributed by atoms with Crippen LogP contribution < -0.4 is 0 Å². The molecule has 3 rings (SSSR count). The second-order valence-corrected chi connectivity index (χ2v) is 6.22. The summed E-state index contributed by atoms with van der Waals surface area (Å²) in [6.45, 7) is 4.24. The molecule has 3 unspecified atom stereocenters. The number of piperidine rings is 1. The fourth-order valence-corrected chi connectivity index (χ4v) is 3.76. The van der Waals surface area contributed by atoms with Crippen LogP contribution in [0.2, 0.25) is 0 Å². The molecule has 2 aliphatic rings. The van der Waals surface area contributed by atoms with Crippen LogP contribution in [-0.4, -0.2) is 33.7 Å². The van der Waals surface area contributed by atoms with Gasteiger partial charge in [-0.15, -0.1) is 0 Å². The van der Waals surface area contributed by atoms with E-state index in [1.807, 2.05) is 12.3 Å². The molecule has 2 heterocycles. The summed E-state index contributed by atoms with van der Waals surface area (Å²) in [5.41, 5.74) is 0.766. The van der Waals surface area contributed by atoms with Gasteiger partial charge in [-0.25, -0.2) is 0 Å². The Morgan fingerprint density at radius 3 is 3.05 bits per heavy atom. The van der Waals surface area contributed by atoms with Crippen molar-refractivity contribution in [3.05, 3.63) is 30.1 Å². The number of hydrogen-bond donors (Lipinski definition) is 1. The van der Waals surface area contributed by atoms with E-state index < -0.39 is 0 Å². The van der Waals surface area contributed by atoms with Gasteiger partial charge in [-0.3, -0.25) is 9.88 Å². The van der Waals surface area contributed by atoms with E-state index in [-0.39, 0.29) is 5.60 Å². The molecule has 3 atom stereocenters. The van der Waals surface area contributed by atoms with E-state index in [2.05, 4.69) is 28.9 Å². The number of nitrogens with zero attached hydrogens (tertiary/aromatic N) is 2. The van der Waals surface area contributed by atoms with Crippen LogP contribution in [-0.2, 0) is 0 Å². The highest BCUT2D eigenvalue weighted by molar-refractivity contribution is 5.09. The predicted octanol–water partition coefficient (Wildman–Crippen LogP) is 2.77. The van der Waals surface area contributed by atoms with Crippen molar-refractivity contribution >= 4 is 0 Å². The lowest BCUT2D eigenvalue weighted by molar-refractivity contribution is -0.102. The molecule has 0 amide bonds. The first-order chi connectivity index (χ1) is 9.19. The Labute approximate surface area is 115 Å². The highest BCUT2D eigenvalue weighted by Gasteiger charge is 2.43. The Bertz CT molecular complexity index is 422. The van der Waals surface area contributed by atoms with Gasteiger partial charge >= 0.3 is 0 Å². The van der Waals surface area contributed by atoms with Crippen LogP contribution in [0.25, 0.3) is 0 Å². The first-order valence-corrected chi connectivity index (χ1v) is 7.56. The summed E-state index contributed by atoms with van der Waals surface area (Å²) in [7, 11) is 0. The second-order valence-electron chi connectivity index (χ2n) is 6.22. The quantitative estimate of drug-likeness (QED) is 0.888. The smallest absolute Gasteiger partial charge is 0.0700 e. The van der Waals surface area contributed by atoms with E-state index in [4.69, 9.17) is 0 Å². The summed E-state index contributed by atoms with van der Waals surface area (Å²) >= 11 is 0. The van der Waals surface area contributed by atoms with Crippen LogP contribution >= 0.6 is 0 Å². The molecule has 1 aromatic rings.